The average molecular weight is 322 g/mol. The first-order chi connectivity index (χ1) is 9.20. The smallest absolute Gasteiger partial charge is 0.213 e. The SMILES string of the molecule is N/C(=N/O)c1ccc(OCc2ccccc2Br)nc1. The Bertz CT molecular complexity index is 585. The van der Waals surface area contributed by atoms with E-state index in [0.29, 0.717) is 18.1 Å². The molecule has 1 aromatic carbocycles. The van der Waals surface area contributed by atoms with Crippen molar-refractivity contribution < 1.29 is 9.94 Å². The van der Waals surface area contributed by atoms with Crippen LogP contribution in [0.25, 0.3) is 0 Å². The standard InChI is InChI=1S/C13H12BrN3O2/c14-11-4-2-1-3-10(11)8-19-12-6-5-9(7-16-12)13(15)17-18/h1-7,18H,8H2,(H2,15,17). The summed E-state index contributed by atoms with van der Waals surface area (Å²) < 4.78 is 6.55. The molecule has 0 unspecified atom stereocenters. The molecule has 6 heteroatoms. The number of ether oxygens (including phenoxy) is 1. The summed E-state index contributed by atoms with van der Waals surface area (Å²) in [6, 6.07) is 11.2. The molecule has 0 saturated carbocycles. The predicted octanol–water partition coefficient (Wildman–Crippen LogP) is 2.52. The Labute approximate surface area is 118 Å². The maximum absolute atomic E-state index is 8.54. The number of nitrogens with two attached hydrogens (primary N) is 1. The topological polar surface area (TPSA) is 80.7 Å². The van der Waals surface area contributed by atoms with E-state index in [4.69, 9.17) is 15.7 Å². The summed E-state index contributed by atoms with van der Waals surface area (Å²) in [6.45, 7) is 0.414. The lowest BCUT2D eigenvalue weighted by Gasteiger charge is -2.07. The van der Waals surface area contributed by atoms with E-state index in [1.807, 2.05) is 24.3 Å². The Morgan fingerprint density at radius 1 is 1.32 bits per heavy atom. The molecule has 98 valence electrons. The highest BCUT2D eigenvalue weighted by Crippen LogP contribution is 2.18. The van der Waals surface area contributed by atoms with Gasteiger partial charge in [-0.05, 0) is 12.1 Å². The lowest BCUT2D eigenvalue weighted by molar-refractivity contribution is 0.293. The Kier molecular flexibility index (Phi) is 4.35. The highest BCUT2D eigenvalue weighted by molar-refractivity contribution is 9.10. The molecule has 0 saturated heterocycles. The van der Waals surface area contributed by atoms with Gasteiger partial charge in [0.1, 0.15) is 6.61 Å². The van der Waals surface area contributed by atoms with Gasteiger partial charge in [0.15, 0.2) is 5.84 Å². The van der Waals surface area contributed by atoms with Crippen LogP contribution in [-0.4, -0.2) is 16.0 Å². The van der Waals surface area contributed by atoms with E-state index in [1.54, 1.807) is 12.1 Å². The Morgan fingerprint density at radius 2 is 2.11 bits per heavy atom. The van der Waals surface area contributed by atoms with Gasteiger partial charge in [-0.25, -0.2) is 4.98 Å². The molecule has 0 aliphatic rings. The fourth-order valence-corrected chi connectivity index (χ4v) is 1.84. The van der Waals surface area contributed by atoms with Crippen LogP contribution in [-0.2, 0) is 6.61 Å². The van der Waals surface area contributed by atoms with Crippen LogP contribution in [0.15, 0.2) is 52.2 Å². The van der Waals surface area contributed by atoms with Crippen LogP contribution >= 0.6 is 15.9 Å². The number of oxime groups is 1. The minimum absolute atomic E-state index is 0.0184. The van der Waals surface area contributed by atoms with Gasteiger partial charge in [-0.1, -0.05) is 39.3 Å². The lowest BCUT2D eigenvalue weighted by atomic mass is 10.2. The van der Waals surface area contributed by atoms with E-state index in [9.17, 15) is 0 Å². The Hall–Kier alpha value is -2.08. The molecule has 1 heterocycles. The summed E-state index contributed by atoms with van der Waals surface area (Å²) in [5, 5.41) is 11.4. The first-order valence-corrected chi connectivity index (χ1v) is 6.30. The number of halogens is 1. The second kappa shape index (κ2) is 6.19. The zero-order chi connectivity index (χ0) is 13.7. The van der Waals surface area contributed by atoms with Crippen molar-refractivity contribution in [3.63, 3.8) is 0 Å². The summed E-state index contributed by atoms with van der Waals surface area (Å²) in [6.07, 6.45) is 1.49. The molecule has 3 N–H and O–H groups in total. The zero-order valence-corrected chi connectivity index (χ0v) is 11.5. The normalized spacial score (nSPS) is 11.3. The van der Waals surface area contributed by atoms with Crippen molar-refractivity contribution in [1.29, 1.82) is 0 Å². The van der Waals surface area contributed by atoms with E-state index in [0.717, 1.165) is 10.0 Å². The third-order valence-corrected chi connectivity index (χ3v) is 3.25. The number of aromatic nitrogens is 1. The van der Waals surface area contributed by atoms with Crippen molar-refractivity contribution >= 4 is 21.8 Å². The van der Waals surface area contributed by atoms with Gasteiger partial charge in [-0.2, -0.15) is 0 Å². The van der Waals surface area contributed by atoms with E-state index in [1.165, 1.54) is 6.20 Å². The third kappa shape index (κ3) is 3.45. The monoisotopic (exact) mass is 321 g/mol. The third-order valence-electron chi connectivity index (χ3n) is 2.47. The average Bonchev–Trinajstić information content (AvgIpc) is 2.46. The molecule has 1 aromatic heterocycles. The van der Waals surface area contributed by atoms with Crippen molar-refractivity contribution in [3.05, 3.63) is 58.2 Å². The molecule has 0 spiro atoms. The van der Waals surface area contributed by atoms with Crippen LogP contribution in [0.4, 0.5) is 0 Å². The molecule has 0 bridgehead atoms. The van der Waals surface area contributed by atoms with Crippen molar-refractivity contribution in [2.45, 2.75) is 6.61 Å². The molecule has 2 aromatic rings. The van der Waals surface area contributed by atoms with E-state index >= 15 is 0 Å². The maximum atomic E-state index is 8.54. The number of benzene rings is 1. The molecular weight excluding hydrogens is 310 g/mol. The second-order valence-electron chi connectivity index (χ2n) is 3.75. The Morgan fingerprint density at radius 3 is 2.74 bits per heavy atom. The van der Waals surface area contributed by atoms with Crippen LogP contribution in [0.2, 0.25) is 0 Å². The molecule has 0 aliphatic carbocycles. The highest BCUT2D eigenvalue weighted by atomic mass is 79.9. The molecule has 0 atom stereocenters. The van der Waals surface area contributed by atoms with Gasteiger partial charge in [-0.3, -0.25) is 0 Å². The number of amidine groups is 1. The lowest BCUT2D eigenvalue weighted by Crippen LogP contribution is -2.13. The summed E-state index contributed by atoms with van der Waals surface area (Å²) in [5.41, 5.74) is 7.01. The summed E-state index contributed by atoms with van der Waals surface area (Å²) >= 11 is 3.45. The van der Waals surface area contributed by atoms with Crippen molar-refractivity contribution in [3.8, 4) is 5.88 Å². The van der Waals surface area contributed by atoms with Crippen LogP contribution in [0.5, 0.6) is 5.88 Å². The van der Waals surface area contributed by atoms with Gasteiger partial charge in [0.05, 0.1) is 0 Å². The van der Waals surface area contributed by atoms with Crippen molar-refractivity contribution in [2.75, 3.05) is 0 Å². The first-order valence-electron chi connectivity index (χ1n) is 5.51. The van der Waals surface area contributed by atoms with Gasteiger partial charge in [0, 0.05) is 27.9 Å². The van der Waals surface area contributed by atoms with Crippen molar-refractivity contribution in [1.82, 2.24) is 4.98 Å². The van der Waals surface area contributed by atoms with E-state index in [-0.39, 0.29) is 5.84 Å². The summed E-state index contributed by atoms with van der Waals surface area (Å²) in [7, 11) is 0. The fraction of sp³-hybridized carbons (Fsp3) is 0.0769. The molecule has 0 fully saturated rings. The van der Waals surface area contributed by atoms with E-state index < -0.39 is 0 Å². The summed E-state index contributed by atoms with van der Waals surface area (Å²) in [4.78, 5) is 4.08. The first kappa shape index (κ1) is 13.4. The minimum Gasteiger partial charge on any atom is -0.473 e. The van der Waals surface area contributed by atoms with Crippen LogP contribution < -0.4 is 10.5 Å². The molecule has 0 aliphatic heterocycles. The molecule has 0 radical (unpaired) electrons. The van der Waals surface area contributed by atoms with Crippen LogP contribution in [0.3, 0.4) is 0 Å². The van der Waals surface area contributed by atoms with Gasteiger partial charge in [0.25, 0.3) is 0 Å². The fourth-order valence-electron chi connectivity index (χ4n) is 1.44. The zero-order valence-electron chi connectivity index (χ0n) is 9.95. The number of rotatable bonds is 4. The van der Waals surface area contributed by atoms with Gasteiger partial charge in [-0.15, -0.1) is 0 Å². The largest absolute Gasteiger partial charge is 0.473 e. The predicted molar refractivity (Wildman–Crippen MR) is 75.2 cm³/mol. The molecular formula is C13H12BrN3O2. The van der Waals surface area contributed by atoms with Crippen molar-refractivity contribution in [2.24, 2.45) is 10.9 Å². The number of pyridine rings is 1. The van der Waals surface area contributed by atoms with Gasteiger partial charge < -0.3 is 15.7 Å². The van der Waals surface area contributed by atoms with E-state index in [2.05, 4.69) is 26.1 Å². The quantitative estimate of drug-likeness (QED) is 0.392. The molecule has 2 rings (SSSR count). The second-order valence-corrected chi connectivity index (χ2v) is 4.60. The summed E-state index contributed by atoms with van der Waals surface area (Å²) in [5.74, 6) is 0.495. The molecule has 19 heavy (non-hydrogen) atoms. The maximum Gasteiger partial charge on any atom is 0.213 e. The number of hydrogen-bond donors (Lipinski definition) is 2. The minimum atomic E-state index is 0.0184. The van der Waals surface area contributed by atoms with Crippen LogP contribution in [0, 0.1) is 0 Å². The molecule has 5 nitrogen and oxygen atoms in total. The number of hydrogen-bond acceptors (Lipinski definition) is 4. The van der Waals surface area contributed by atoms with Gasteiger partial charge in [0.2, 0.25) is 5.88 Å². The van der Waals surface area contributed by atoms with Gasteiger partial charge >= 0.3 is 0 Å². The number of nitrogens with zero attached hydrogens (tertiary/aromatic N) is 2. The highest BCUT2D eigenvalue weighted by Gasteiger charge is 2.03. The van der Waals surface area contributed by atoms with Crippen LogP contribution in [0.1, 0.15) is 11.1 Å². The Balaban J connectivity index is 2.03. The molecule has 0 amide bonds.